The number of quaternary nitrogens is 1. The lowest BCUT2D eigenvalue weighted by Gasteiger charge is -2.32. The molecule has 4 unspecified atom stereocenters. The third-order valence-corrected chi connectivity index (χ3v) is 6.55. The predicted octanol–water partition coefficient (Wildman–Crippen LogP) is -1.43. The fourth-order valence-corrected chi connectivity index (χ4v) is 5.26. The van der Waals surface area contributed by atoms with Crippen LogP contribution in [-0.2, 0) is 0 Å². The third-order valence-electron chi connectivity index (χ3n) is 6.55. The zero-order chi connectivity index (χ0) is 22.1. The molecule has 0 spiro atoms. The highest BCUT2D eigenvalue weighted by Crippen LogP contribution is 2.48. The summed E-state index contributed by atoms with van der Waals surface area (Å²) < 4.78 is 32.3. The number of benzene rings is 1. The number of likely N-dealkylation sites (N-methyl/N-ethyl adjacent to an activating group) is 1. The van der Waals surface area contributed by atoms with Gasteiger partial charge in [-0.3, -0.25) is 4.98 Å². The molecule has 0 amide bonds. The fraction of sp³-hybridized carbons (Fsp3) is 0.174. The van der Waals surface area contributed by atoms with Crippen LogP contribution in [0.2, 0.25) is 0 Å². The van der Waals surface area contributed by atoms with Gasteiger partial charge in [-0.2, -0.15) is 10.3 Å². The van der Waals surface area contributed by atoms with Gasteiger partial charge in [0.1, 0.15) is 35.3 Å². The molecule has 5 heterocycles. The molecular weight excluding hydrogens is 539 g/mol. The van der Waals surface area contributed by atoms with Gasteiger partial charge in [0.2, 0.25) is 6.17 Å². The first kappa shape index (κ1) is 21.5. The van der Waals surface area contributed by atoms with Gasteiger partial charge < -0.3 is 28.9 Å². The van der Waals surface area contributed by atoms with Crippen LogP contribution in [0, 0.1) is 23.0 Å². The number of nitriles is 1. The van der Waals surface area contributed by atoms with Crippen molar-refractivity contribution in [1.82, 2.24) is 14.9 Å². The van der Waals surface area contributed by atoms with Crippen molar-refractivity contribution in [3.63, 3.8) is 0 Å². The van der Waals surface area contributed by atoms with Crippen LogP contribution in [0.3, 0.4) is 0 Å². The van der Waals surface area contributed by atoms with Gasteiger partial charge >= 0.3 is 5.82 Å². The largest absolute Gasteiger partial charge is 1.00 e. The number of pyridine rings is 1. The molecule has 3 aliphatic rings. The minimum absolute atomic E-state index is 0. The Balaban J connectivity index is 0.00000228. The average molecular weight is 556 g/mol. The van der Waals surface area contributed by atoms with Crippen LogP contribution in [0.15, 0.2) is 60.2 Å². The summed E-state index contributed by atoms with van der Waals surface area (Å²) in [7, 11) is 1.92. The van der Waals surface area contributed by atoms with Crippen molar-refractivity contribution in [1.29, 1.82) is 5.26 Å². The van der Waals surface area contributed by atoms with Crippen molar-refractivity contribution in [3.8, 4) is 17.5 Å². The molecule has 6 rings (SSSR count). The van der Waals surface area contributed by atoms with Crippen molar-refractivity contribution < 1.29 is 42.3 Å². The van der Waals surface area contributed by atoms with Crippen molar-refractivity contribution in [3.05, 3.63) is 83.5 Å². The summed E-state index contributed by atoms with van der Waals surface area (Å²) in [6, 6.07) is 6.18. The summed E-state index contributed by atoms with van der Waals surface area (Å²) in [6.45, 7) is 4.43. The monoisotopic (exact) mass is 556 g/mol. The smallest absolute Gasteiger partial charge is 0.334 e. The highest BCUT2D eigenvalue weighted by atomic mass is 127. The lowest BCUT2D eigenvalue weighted by molar-refractivity contribution is -0.865. The Bertz CT molecular complexity index is 1400. The number of hydrogen-bond acceptors (Lipinski definition) is 5. The molecule has 33 heavy (non-hydrogen) atoms. The first-order valence-electron chi connectivity index (χ1n) is 10.1. The molecule has 2 aromatic heterocycles. The van der Waals surface area contributed by atoms with E-state index in [1.807, 2.05) is 28.8 Å². The first-order valence-corrected chi connectivity index (χ1v) is 10.1. The van der Waals surface area contributed by atoms with Crippen LogP contribution < -0.4 is 33.6 Å². The zero-order valence-corrected chi connectivity index (χ0v) is 19.5. The van der Waals surface area contributed by atoms with Gasteiger partial charge in [-0.05, 0) is 22.7 Å². The Morgan fingerprint density at radius 1 is 1.27 bits per heavy atom. The van der Waals surface area contributed by atoms with Crippen LogP contribution in [0.25, 0.3) is 11.4 Å². The molecule has 7 nitrogen and oxygen atoms in total. The molecule has 0 saturated heterocycles. The van der Waals surface area contributed by atoms with Gasteiger partial charge in [-0.15, -0.1) is 0 Å². The van der Waals surface area contributed by atoms with E-state index in [0.29, 0.717) is 11.4 Å². The molecule has 10 heteroatoms. The Morgan fingerprint density at radius 3 is 2.88 bits per heavy atom. The Morgan fingerprint density at radius 2 is 2.09 bits per heavy atom. The second-order valence-electron chi connectivity index (χ2n) is 8.13. The zero-order valence-electron chi connectivity index (χ0n) is 17.4. The minimum Gasteiger partial charge on any atom is -1.00 e. The summed E-state index contributed by atoms with van der Waals surface area (Å²) in [5.41, 5.74) is 2.45. The van der Waals surface area contributed by atoms with Crippen molar-refractivity contribution in [2.24, 2.45) is 5.10 Å². The molecule has 0 aliphatic carbocycles. The first-order chi connectivity index (χ1) is 15.5. The van der Waals surface area contributed by atoms with Crippen LogP contribution >= 0.6 is 0 Å². The molecule has 1 N–H and O–H groups in total. The molecule has 0 bridgehead atoms. The number of nitrogens with zero attached hydrogens (tertiary/aromatic N) is 6. The van der Waals surface area contributed by atoms with Gasteiger partial charge in [-0.25, -0.2) is 13.3 Å². The molecular formula is C23H17F2IN7+. The quantitative estimate of drug-likeness (QED) is 0.210. The molecule has 0 fully saturated rings. The molecule has 164 valence electrons. The Labute approximate surface area is 205 Å². The molecule has 3 aliphatic heterocycles. The van der Waals surface area contributed by atoms with E-state index in [2.05, 4.69) is 21.6 Å². The fourth-order valence-electron chi connectivity index (χ4n) is 5.26. The van der Waals surface area contributed by atoms with Crippen molar-refractivity contribution >= 4 is 12.0 Å². The van der Waals surface area contributed by atoms with Gasteiger partial charge in [-0.1, -0.05) is 11.7 Å². The molecule has 4 atom stereocenters. The highest BCUT2D eigenvalue weighted by molar-refractivity contribution is 5.68. The molecule has 0 radical (unpaired) electrons. The second-order valence-corrected chi connectivity index (χ2v) is 8.13. The summed E-state index contributed by atoms with van der Waals surface area (Å²) in [4.78, 5) is 10.7. The Kier molecular flexibility index (Phi) is 4.98. The number of aromatic nitrogens is 3. The van der Waals surface area contributed by atoms with E-state index in [1.165, 1.54) is 6.07 Å². The number of rotatable bonds is 0. The van der Waals surface area contributed by atoms with Gasteiger partial charge in [0.15, 0.2) is 17.8 Å². The molecule has 1 aromatic carbocycles. The van der Waals surface area contributed by atoms with Gasteiger partial charge in [0.05, 0.1) is 23.9 Å². The highest BCUT2D eigenvalue weighted by Gasteiger charge is 2.53. The topological polar surface area (TPSA) is 73.5 Å². The van der Waals surface area contributed by atoms with Crippen molar-refractivity contribution in [2.45, 2.75) is 18.1 Å². The minimum atomic E-state index is -0.901. The SMILES string of the molecule is C=C1C2C(c3ccncc3[NH+]3N=CN(C)C13)c1cc(F)c(C#N)c(F)c1-c1nccc[n+]12.[I-]. The maximum Gasteiger partial charge on any atom is 0.334 e. The second kappa shape index (κ2) is 7.64. The van der Waals surface area contributed by atoms with E-state index in [4.69, 9.17) is 0 Å². The summed E-state index contributed by atoms with van der Waals surface area (Å²) in [6.07, 6.45) is 8.33. The van der Waals surface area contributed by atoms with Crippen LogP contribution in [-0.4, -0.2) is 34.4 Å². The number of nitrogens with one attached hydrogen (secondary N) is 1. The summed E-state index contributed by atoms with van der Waals surface area (Å²) >= 11 is 0. The van der Waals surface area contributed by atoms with E-state index >= 15 is 4.39 Å². The van der Waals surface area contributed by atoms with E-state index in [9.17, 15) is 9.65 Å². The summed E-state index contributed by atoms with van der Waals surface area (Å²) in [5.74, 6) is -1.92. The predicted molar refractivity (Wildman–Crippen MR) is 109 cm³/mol. The van der Waals surface area contributed by atoms with Crippen molar-refractivity contribution in [2.75, 3.05) is 7.05 Å². The van der Waals surface area contributed by atoms with Crippen LogP contribution in [0.4, 0.5) is 14.5 Å². The number of halogens is 3. The summed E-state index contributed by atoms with van der Waals surface area (Å²) in [5, 5.41) is 14.8. The number of fused-ring (bicyclic) bond motifs is 10. The van der Waals surface area contributed by atoms with Crippen LogP contribution in [0.1, 0.15) is 28.7 Å². The molecule has 0 saturated carbocycles. The lowest BCUT2D eigenvalue weighted by atomic mass is 9.76. The number of hydrogen-bond donors (Lipinski definition) is 1. The maximum absolute atomic E-state index is 15.5. The lowest BCUT2D eigenvalue weighted by Crippen LogP contribution is -3.07. The van der Waals surface area contributed by atoms with E-state index in [1.54, 1.807) is 37.1 Å². The van der Waals surface area contributed by atoms with E-state index in [-0.39, 0.29) is 41.7 Å². The van der Waals surface area contributed by atoms with Gasteiger partial charge in [0, 0.05) is 24.9 Å². The van der Waals surface area contributed by atoms with Gasteiger partial charge in [0.25, 0.3) is 0 Å². The normalized spacial score (nSPS) is 23.8. The maximum atomic E-state index is 15.5. The van der Waals surface area contributed by atoms with E-state index < -0.39 is 23.1 Å². The van der Waals surface area contributed by atoms with Crippen LogP contribution in [0.5, 0.6) is 0 Å². The molecule has 3 aromatic rings. The van der Waals surface area contributed by atoms with E-state index in [0.717, 1.165) is 21.8 Å². The third kappa shape index (κ3) is 2.79. The Hall–Kier alpha value is -3.30. The average Bonchev–Trinajstić information content (AvgIpc) is 3.14. The standard InChI is InChI=1S/C23H16F2N7.HI/c1-12-21-18(13-4-6-27-10-17(13)32-23(12)30(2)11-29-32)14-8-16(24)15(9-26)20(25)19(14)22-28-5-3-7-31(21)22;/h3-8,10-11,18,21,23H,1H2,2H3;1H/q+1;.